The fourth-order valence-electron chi connectivity index (χ4n) is 1.12. The van der Waals surface area contributed by atoms with Crippen LogP contribution in [-0.2, 0) is 16.0 Å². The van der Waals surface area contributed by atoms with Crippen LogP contribution in [0.3, 0.4) is 0 Å². The summed E-state index contributed by atoms with van der Waals surface area (Å²) in [5, 5.41) is 0. The van der Waals surface area contributed by atoms with Crippen molar-refractivity contribution in [2.75, 3.05) is 6.61 Å². The topological polar surface area (TPSA) is 39.2 Å². The Morgan fingerprint density at radius 2 is 2.31 bits per heavy atom. The molecule has 0 amide bonds. The second-order valence-electron chi connectivity index (χ2n) is 2.98. The monoisotopic (exact) mass is 341 g/mol. The van der Waals surface area contributed by atoms with E-state index < -0.39 is 12.4 Å². The van der Waals surface area contributed by atoms with Gasteiger partial charge in [-0.1, -0.05) is 0 Å². The van der Waals surface area contributed by atoms with Crippen molar-refractivity contribution in [3.05, 3.63) is 27.1 Å². The summed E-state index contributed by atoms with van der Waals surface area (Å²) in [6, 6.07) is 1.24. The van der Waals surface area contributed by atoms with Crippen molar-refractivity contribution in [2.45, 2.75) is 19.8 Å². The van der Waals surface area contributed by atoms with E-state index in [0.717, 1.165) is 0 Å². The quantitative estimate of drug-likeness (QED) is 0.625. The van der Waals surface area contributed by atoms with Crippen LogP contribution in [0.2, 0.25) is 0 Å². The molecule has 0 radical (unpaired) electrons. The lowest BCUT2D eigenvalue weighted by molar-refractivity contribution is -0.142. The van der Waals surface area contributed by atoms with Crippen LogP contribution in [0.1, 0.15) is 24.6 Å². The summed E-state index contributed by atoms with van der Waals surface area (Å²) in [5.74, 6) is -0.462. The van der Waals surface area contributed by atoms with E-state index in [1.165, 1.54) is 12.3 Å². The second kappa shape index (κ2) is 6.07. The van der Waals surface area contributed by atoms with Crippen molar-refractivity contribution in [3.8, 4) is 0 Å². The van der Waals surface area contributed by atoms with Gasteiger partial charge in [0.25, 0.3) is 6.43 Å². The molecule has 88 valence electrons. The molecule has 0 N–H and O–H groups in total. The maximum atomic E-state index is 12.5. The van der Waals surface area contributed by atoms with E-state index in [-0.39, 0.29) is 18.6 Å². The Morgan fingerprint density at radius 1 is 1.62 bits per heavy atom. The fourth-order valence-corrected chi connectivity index (χ4v) is 1.65. The summed E-state index contributed by atoms with van der Waals surface area (Å²) in [4.78, 5) is 15.0. The van der Waals surface area contributed by atoms with Crippen molar-refractivity contribution >= 4 is 28.6 Å². The number of aromatic nitrogens is 1. The summed E-state index contributed by atoms with van der Waals surface area (Å²) in [6.07, 6.45) is -1.31. The standard InChI is InChI=1S/C10H10F2INO2/c1-2-16-9(15)4-6-3-7(10(11)12)8(13)5-14-6/h3,5,10H,2,4H2,1H3. The molecule has 0 aromatic carbocycles. The summed E-state index contributed by atoms with van der Waals surface area (Å²) < 4.78 is 30.2. The van der Waals surface area contributed by atoms with Crippen molar-refractivity contribution in [1.29, 1.82) is 0 Å². The number of alkyl halides is 2. The largest absolute Gasteiger partial charge is 0.466 e. The Labute approximate surface area is 105 Å². The van der Waals surface area contributed by atoms with Crippen LogP contribution in [-0.4, -0.2) is 17.6 Å². The first-order valence-corrected chi connectivity index (χ1v) is 5.70. The van der Waals surface area contributed by atoms with Crippen molar-refractivity contribution in [2.24, 2.45) is 0 Å². The molecule has 0 fully saturated rings. The van der Waals surface area contributed by atoms with E-state index >= 15 is 0 Å². The van der Waals surface area contributed by atoms with Gasteiger partial charge in [0.05, 0.1) is 18.7 Å². The number of carbonyl (C=O) groups excluding carboxylic acids is 1. The molecule has 3 nitrogen and oxygen atoms in total. The van der Waals surface area contributed by atoms with Crippen LogP contribution >= 0.6 is 22.6 Å². The minimum absolute atomic E-state index is 0.0789. The highest BCUT2D eigenvalue weighted by molar-refractivity contribution is 14.1. The number of ether oxygens (including phenoxy) is 1. The van der Waals surface area contributed by atoms with Gasteiger partial charge in [-0.25, -0.2) is 8.78 Å². The van der Waals surface area contributed by atoms with Crippen molar-refractivity contribution in [3.63, 3.8) is 0 Å². The molecule has 0 unspecified atom stereocenters. The van der Waals surface area contributed by atoms with Gasteiger partial charge in [-0.05, 0) is 35.6 Å². The molecule has 0 aliphatic rings. The minimum Gasteiger partial charge on any atom is -0.466 e. The average Bonchev–Trinajstić information content (AvgIpc) is 2.21. The van der Waals surface area contributed by atoms with Gasteiger partial charge in [-0.3, -0.25) is 9.78 Å². The highest BCUT2D eigenvalue weighted by atomic mass is 127. The third-order valence-corrected chi connectivity index (χ3v) is 2.71. The molecule has 0 spiro atoms. The molecule has 1 aromatic heterocycles. The molecule has 0 bridgehead atoms. The lowest BCUT2D eigenvalue weighted by atomic mass is 10.2. The van der Waals surface area contributed by atoms with Gasteiger partial charge in [0.15, 0.2) is 0 Å². The van der Waals surface area contributed by atoms with Crippen LogP contribution in [0.15, 0.2) is 12.3 Å². The molecule has 0 saturated carbocycles. The first-order chi connectivity index (χ1) is 7.54. The first-order valence-electron chi connectivity index (χ1n) is 4.62. The first kappa shape index (κ1) is 13.3. The lowest BCUT2D eigenvalue weighted by Gasteiger charge is -2.06. The molecule has 0 atom stereocenters. The minimum atomic E-state index is -2.56. The summed E-state index contributed by atoms with van der Waals surface area (Å²) in [5.41, 5.74) is 0.198. The molecule has 1 rings (SSSR count). The number of carbonyl (C=O) groups is 1. The van der Waals surface area contributed by atoms with Crippen LogP contribution in [0, 0.1) is 3.57 Å². The van der Waals surface area contributed by atoms with E-state index in [0.29, 0.717) is 9.26 Å². The fraction of sp³-hybridized carbons (Fsp3) is 0.400. The summed E-state index contributed by atoms with van der Waals surface area (Å²) >= 11 is 1.78. The molecule has 1 aromatic rings. The van der Waals surface area contributed by atoms with Gasteiger partial charge in [0.1, 0.15) is 0 Å². The maximum absolute atomic E-state index is 12.5. The average molecular weight is 341 g/mol. The summed E-state index contributed by atoms with van der Waals surface area (Å²) in [6.45, 7) is 1.95. The van der Waals surface area contributed by atoms with E-state index in [1.807, 2.05) is 0 Å². The van der Waals surface area contributed by atoms with Crippen LogP contribution in [0.5, 0.6) is 0 Å². The Kier molecular flexibility index (Phi) is 5.04. The lowest BCUT2D eigenvalue weighted by Crippen LogP contribution is -2.09. The molecular weight excluding hydrogens is 331 g/mol. The van der Waals surface area contributed by atoms with Gasteiger partial charge in [0.2, 0.25) is 0 Å². The zero-order valence-electron chi connectivity index (χ0n) is 8.54. The van der Waals surface area contributed by atoms with Gasteiger partial charge in [0, 0.05) is 15.3 Å². The van der Waals surface area contributed by atoms with Gasteiger partial charge < -0.3 is 4.74 Å². The highest BCUT2D eigenvalue weighted by Crippen LogP contribution is 2.24. The predicted octanol–water partition coefficient (Wildman–Crippen LogP) is 2.73. The van der Waals surface area contributed by atoms with E-state index in [4.69, 9.17) is 4.74 Å². The second-order valence-corrected chi connectivity index (χ2v) is 4.14. The van der Waals surface area contributed by atoms with Crippen LogP contribution < -0.4 is 0 Å². The Balaban J connectivity index is 2.82. The normalized spacial score (nSPS) is 10.6. The van der Waals surface area contributed by atoms with Gasteiger partial charge in [-0.2, -0.15) is 0 Å². The van der Waals surface area contributed by atoms with Crippen LogP contribution in [0.25, 0.3) is 0 Å². The smallest absolute Gasteiger partial charge is 0.311 e. The van der Waals surface area contributed by atoms with Gasteiger partial charge in [-0.15, -0.1) is 0 Å². The third-order valence-electron chi connectivity index (χ3n) is 1.81. The number of halogens is 3. The molecule has 6 heteroatoms. The number of esters is 1. The van der Waals surface area contributed by atoms with E-state index in [1.54, 1.807) is 29.5 Å². The Hall–Kier alpha value is -0.790. The van der Waals surface area contributed by atoms with Crippen molar-refractivity contribution < 1.29 is 18.3 Å². The van der Waals surface area contributed by atoms with E-state index in [2.05, 4.69) is 4.98 Å². The molecule has 0 aliphatic carbocycles. The molecule has 0 saturated heterocycles. The highest BCUT2D eigenvalue weighted by Gasteiger charge is 2.14. The molecule has 16 heavy (non-hydrogen) atoms. The zero-order valence-corrected chi connectivity index (χ0v) is 10.7. The van der Waals surface area contributed by atoms with Crippen molar-refractivity contribution in [1.82, 2.24) is 4.98 Å². The number of pyridine rings is 1. The third kappa shape index (κ3) is 3.66. The van der Waals surface area contributed by atoms with Crippen LogP contribution in [0.4, 0.5) is 8.78 Å². The zero-order chi connectivity index (χ0) is 12.1. The van der Waals surface area contributed by atoms with E-state index in [9.17, 15) is 13.6 Å². The SMILES string of the molecule is CCOC(=O)Cc1cc(C(F)F)c(I)cn1. The number of hydrogen-bond donors (Lipinski definition) is 0. The molecule has 0 aliphatic heterocycles. The molecular formula is C10H10F2INO2. The summed E-state index contributed by atoms with van der Waals surface area (Å²) in [7, 11) is 0. The Bertz CT molecular complexity index is 385. The number of hydrogen-bond acceptors (Lipinski definition) is 3. The number of rotatable bonds is 4. The maximum Gasteiger partial charge on any atom is 0.311 e. The number of nitrogens with zero attached hydrogens (tertiary/aromatic N) is 1. The predicted molar refractivity (Wildman–Crippen MR) is 62.2 cm³/mol. The van der Waals surface area contributed by atoms with Gasteiger partial charge >= 0.3 is 5.97 Å². The molecule has 1 heterocycles. The Morgan fingerprint density at radius 3 is 2.88 bits per heavy atom.